The van der Waals surface area contributed by atoms with E-state index < -0.39 is 5.91 Å². The van der Waals surface area contributed by atoms with Crippen LogP contribution in [0.4, 0.5) is 17.5 Å². The van der Waals surface area contributed by atoms with Crippen LogP contribution in [0.2, 0.25) is 0 Å². The minimum absolute atomic E-state index is 0.0158. The number of rotatable bonds is 7. The van der Waals surface area contributed by atoms with Gasteiger partial charge in [0.2, 0.25) is 17.8 Å². The van der Waals surface area contributed by atoms with Crippen LogP contribution >= 0.6 is 0 Å². The van der Waals surface area contributed by atoms with E-state index in [0.717, 1.165) is 43.9 Å². The summed E-state index contributed by atoms with van der Waals surface area (Å²) in [5, 5.41) is 6.15. The highest BCUT2D eigenvalue weighted by Gasteiger charge is 2.24. The molecule has 1 atom stereocenters. The van der Waals surface area contributed by atoms with Crippen molar-refractivity contribution in [3.05, 3.63) is 41.6 Å². The van der Waals surface area contributed by atoms with Gasteiger partial charge in [-0.15, -0.1) is 0 Å². The van der Waals surface area contributed by atoms with Crippen molar-refractivity contribution in [2.75, 3.05) is 23.3 Å². The normalized spacial score (nSPS) is 16.1. The molecule has 0 saturated carbocycles. The van der Waals surface area contributed by atoms with Gasteiger partial charge in [-0.2, -0.15) is 4.98 Å². The molecule has 4 N–H and O–H groups in total. The Morgan fingerprint density at radius 2 is 2.11 bits per heavy atom. The molecule has 28 heavy (non-hydrogen) atoms. The van der Waals surface area contributed by atoms with Gasteiger partial charge in [-0.25, -0.2) is 4.98 Å². The lowest BCUT2D eigenvalue weighted by molar-refractivity contribution is -0.119. The second kappa shape index (κ2) is 8.69. The topological polar surface area (TPSA) is 113 Å². The average Bonchev–Trinajstić information content (AvgIpc) is 3.10. The third kappa shape index (κ3) is 4.97. The maximum absolute atomic E-state index is 11.4. The van der Waals surface area contributed by atoms with Crippen molar-refractivity contribution < 1.29 is 9.59 Å². The first-order chi connectivity index (χ1) is 13.4. The molecule has 1 aromatic heterocycles. The zero-order valence-electron chi connectivity index (χ0n) is 16.2. The Bertz CT molecular complexity index is 870. The number of aromatic nitrogens is 2. The predicted molar refractivity (Wildman–Crippen MR) is 109 cm³/mol. The van der Waals surface area contributed by atoms with Gasteiger partial charge in [-0.3, -0.25) is 9.59 Å². The van der Waals surface area contributed by atoms with Crippen LogP contribution in [0.25, 0.3) is 0 Å². The van der Waals surface area contributed by atoms with Crippen molar-refractivity contribution in [2.24, 2.45) is 5.73 Å². The lowest BCUT2D eigenvalue weighted by Crippen LogP contribution is -2.35. The van der Waals surface area contributed by atoms with Crippen LogP contribution in [0, 0.1) is 0 Å². The van der Waals surface area contributed by atoms with E-state index in [9.17, 15) is 9.59 Å². The SMILES string of the molecule is CCCc1cc(N2CCC(NC(C)=O)C2)nc(Nc2cccc(C(N)=O)c2)n1. The second-order valence-electron chi connectivity index (χ2n) is 6.99. The summed E-state index contributed by atoms with van der Waals surface area (Å²) >= 11 is 0. The zero-order chi connectivity index (χ0) is 20.1. The number of hydrogen-bond acceptors (Lipinski definition) is 6. The molecular weight excluding hydrogens is 356 g/mol. The number of aryl methyl sites for hydroxylation is 1. The number of amides is 2. The van der Waals surface area contributed by atoms with Crippen molar-refractivity contribution >= 4 is 29.3 Å². The van der Waals surface area contributed by atoms with E-state index in [1.807, 2.05) is 12.1 Å². The Hall–Kier alpha value is -3.16. The molecule has 2 aromatic rings. The summed E-state index contributed by atoms with van der Waals surface area (Å²) in [6, 6.07) is 9.08. The molecule has 1 aromatic carbocycles. The van der Waals surface area contributed by atoms with E-state index in [1.54, 1.807) is 18.2 Å². The standard InChI is InChI=1S/C20H26N6O2/c1-3-5-15-11-18(26-9-8-17(12-26)22-13(2)27)25-20(23-15)24-16-7-4-6-14(10-16)19(21)28/h4,6-7,10-11,17H,3,5,8-9,12H2,1-2H3,(H2,21,28)(H,22,27)(H,23,24,25). The van der Waals surface area contributed by atoms with Crippen LogP contribution in [0.1, 0.15) is 42.7 Å². The first-order valence-electron chi connectivity index (χ1n) is 9.51. The Morgan fingerprint density at radius 1 is 1.29 bits per heavy atom. The highest BCUT2D eigenvalue weighted by atomic mass is 16.1. The maximum Gasteiger partial charge on any atom is 0.248 e. The van der Waals surface area contributed by atoms with E-state index in [2.05, 4.69) is 32.4 Å². The van der Waals surface area contributed by atoms with Gasteiger partial charge < -0.3 is 21.3 Å². The summed E-state index contributed by atoms with van der Waals surface area (Å²) in [4.78, 5) is 34.1. The molecule has 0 bridgehead atoms. The van der Waals surface area contributed by atoms with Gasteiger partial charge in [-0.05, 0) is 31.0 Å². The number of carbonyl (C=O) groups excluding carboxylic acids is 2. The van der Waals surface area contributed by atoms with Crippen LogP contribution in [0.5, 0.6) is 0 Å². The summed E-state index contributed by atoms with van der Waals surface area (Å²) in [7, 11) is 0. The summed E-state index contributed by atoms with van der Waals surface area (Å²) < 4.78 is 0. The number of carbonyl (C=O) groups is 2. The van der Waals surface area contributed by atoms with Crippen LogP contribution in [0.3, 0.4) is 0 Å². The van der Waals surface area contributed by atoms with Gasteiger partial charge >= 0.3 is 0 Å². The number of nitrogens with zero attached hydrogens (tertiary/aromatic N) is 3. The van der Waals surface area contributed by atoms with Gasteiger partial charge in [0.15, 0.2) is 0 Å². The summed E-state index contributed by atoms with van der Waals surface area (Å²) in [5.74, 6) is 0.814. The van der Waals surface area contributed by atoms with Crippen LogP contribution < -0.4 is 21.3 Å². The molecule has 8 nitrogen and oxygen atoms in total. The van der Waals surface area contributed by atoms with Crippen molar-refractivity contribution in [1.29, 1.82) is 0 Å². The molecule has 1 aliphatic rings. The summed E-state index contributed by atoms with van der Waals surface area (Å²) in [6.45, 7) is 5.19. The molecule has 0 spiro atoms. The van der Waals surface area contributed by atoms with Gasteiger partial charge in [-0.1, -0.05) is 19.4 Å². The third-order valence-electron chi connectivity index (χ3n) is 4.59. The van der Waals surface area contributed by atoms with E-state index >= 15 is 0 Å². The number of hydrogen-bond donors (Lipinski definition) is 3. The molecule has 0 aliphatic carbocycles. The fraction of sp³-hybridized carbons (Fsp3) is 0.400. The van der Waals surface area contributed by atoms with Gasteiger partial charge in [0.25, 0.3) is 0 Å². The largest absolute Gasteiger partial charge is 0.366 e. The van der Waals surface area contributed by atoms with E-state index in [4.69, 9.17) is 5.73 Å². The predicted octanol–water partition coefficient (Wildman–Crippen LogP) is 1.99. The first kappa shape index (κ1) is 19.6. The molecule has 3 rings (SSSR count). The molecule has 1 unspecified atom stereocenters. The minimum atomic E-state index is -0.480. The molecule has 2 amide bonds. The monoisotopic (exact) mass is 382 g/mol. The van der Waals surface area contributed by atoms with E-state index in [1.165, 1.54) is 6.92 Å². The van der Waals surface area contributed by atoms with Crippen LogP contribution in [-0.2, 0) is 11.2 Å². The Kier molecular flexibility index (Phi) is 6.08. The number of primary amides is 1. The smallest absolute Gasteiger partial charge is 0.248 e. The Labute approximate surface area is 164 Å². The van der Waals surface area contributed by atoms with E-state index in [-0.39, 0.29) is 11.9 Å². The van der Waals surface area contributed by atoms with Gasteiger partial charge in [0.1, 0.15) is 5.82 Å². The maximum atomic E-state index is 11.4. The summed E-state index contributed by atoms with van der Waals surface area (Å²) in [5.41, 5.74) is 7.43. The first-order valence-corrected chi connectivity index (χ1v) is 9.51. The Balaban J connectivity index is 1.83. The third-order valence-corrected chi connectivity index (χ3v) is 4.59. The highest BCUT2D eigenvalue weighted by Crippen LogP contribution is 2.23. The fourth-order valence-corrected chi connectivity index (χ4v) is 3.34. The van der Waals surface area contributed by atoms with Crippen molar-refractivity contribution in [1.82, 2.24) is 15.3 Å². The molecular formula is C20H26N6O2. The molecule has 2 heterocycles. The number of anilines is 3. The minimum Gasteiger partial charge on any atom is -0.366 e. The highest BCUT2D eigenvalue weighted by molar-refractivity contribution is 5.93. The summed E-state index contributed by atoms with van der Waals surface area (Å²) in [6.07, 6.45) is 2.70. The fourth-order valence-electron chi connectivity index (χ4n) is 3.34. The van der Waals surface area contributed by atoms with Crippen LogP contribution in [0.15, 0.2) is 30.3 Å². The molecule has 0 radical (unpaired) electrons. The zero-order valence-corrected chi connectivity index (χ0v) is 16.2. The molecule has 1 saturated heterocycles. The lowest BCUT2D eigenvalue weighted by Gasteiger charge is -2.19. The lowest BCUT2D eigenvalue weighted by atomic mass is 10.2. The van der Waals surface area contributed by atoms with Crippen molar-refractivity contribution in [3.8, 4) is 0 Å². The average molecular weight is 382 g/mol. The van der Waals surface area contributed by atoms with Crippen molar-refractivity contribution in [3.63, 3.8) is 0 Å². The van der Waals surface area contributed by atoms with Crippen molar-refractivity contribution in [2.45, 2.75) is 39.2 Å². The van der Waals surface area contributed by atoms with Crippen LogP contribution in [-0.4, -0.2) is 40.9 Å². The quantitative estimate of drug-likeness (QED) is 0.675. The Morgan fingerprint density at radius 3 is 2.82 bits per heavy atom. The second-order valence-corrected chi connectivity index (χ2v) is 6.99. The van der Waals surface area contributed by atoms with E-state index in [0.29, 0.717) is 17.2 Å². The molecule has 1 aliphatic heterocycles. The van der Waals surface area contributed by atoms with Gasteiger partial charge in [0, 0.05) is 49.1 Å². The number of benzene rings is 1. The number of nitrogens with one attached hydrogen (secondary N) is 2. The number of nitrogens with two attached hydrogens (primary N) is 1. The molecule has 8 heteroatoms. The van der Waals surface area contributed by atoms with Gasteiger partial charge in [0.05, 0.1) is 0 Å². The molecule has 148 valence electrons. The molecule has 1 fully saturated rings.